The van der Waals surface area contributed by atoms with Crippen molar-refractivity contribution in [1.29, 1.82) is 0 Å². The molecule has 108 valence electrons. The zero-order chi connectivity index (χ0) is 14.7. The van der Waals surface area contributed by atoms with E-state index >= 15 is 0 Å². The van der Waals surface area contributed by atoms with Gasteiger partial charge in [-0.25, -0.2) is 0 Å². The number of para-hydroxylation sites is 1. The van der Waals surface area contributed by atoms with Crippen LogP contribution in [-0.4, -0.2) is 0 Å². The quantitative estimate of drug-likeness (QED) is 0.571. The fourth-order valence-corrected chi connectivity index (χ4v) is 3.56. The molecule has 3 rings (SSSR count). The van der Waals surface area contributed by atoms with Crippen LogP contribution in [0.3, 0.4) is 0 Å². The van der Waals surface area contributed by atoms with Gasteiger partial charge in [-0.1, -0.05) is 43.1 Å². The summed E-state index contributed by atoms with van der Waals surface area (Å²) >= 11 is 7.74. The third-order valence-electron chi connectivity index (χ3n) is 3.31. The van der Waals surface area contributed by atoms with E-state index in [1.54, 1.807) is 11.3 Å². The van der Waals surface area contributed by atoms with Crippen molar-refractivity contribution in [3.05, 3.63) is 53.6 Å². The maximum atomic E-state index is 6.10. The van der Waals surface area contributed by atoms with Crippen LogP contribution in [0.25, 0.3) is 10.2 Å². The minimum absolute atomic E-state index is 0.762. The topological polar surface area (TPSA) is 13.1 Å². The standard InChI is InChI=1S/C17H17ClNOS/c1-2-3-11-19-15-10-9-13(18)12-16(15)21-17(19)20-14-7-5-4-6-8-14/h4-10,12H,2-3,11H2,1H3/q+1. The Bertz CT molecular complexity index is 739. The van der Waals surface area contributed by atoms with Crippen molar-refractivity contribution in [3.63, 3.8) is 0 Å². The number of fused-ring (bicyclic) bond motifs is 1. The lowest BCUT2D eigenvalue weighted by atomic mass is 10.3. The van der Waals surface area contributed by atoms with Gasteiger partial charge in [0.1, 0.15) is 10.4 Å². The predicted molar refractivity (Wildman–Crippen MR) is 88.5 cm³/mol. The number of unbranched alkanes of at least 4 members (excludes halogenated alkanes) is 1. The summed E-state index contributed by atoms with van der Waals surface area (Å²) < 4.78 is 9.47. The Balaban J connectivity index is 2.03. The van der Waals surface area contributed by atoms with Gasteiger partial charge in [-0.3, -0.25) is 0 Å². The van der Waals surface area contributed by atoms with E-state index < -0.39 is 0 Å². The third-order valence-corrected chi connectivity index (χ3v) is 4.57. The molecular formula is C17H17ClNOS+. The number of aryl methyl sites for hydroxylation is 1. The fourth-order valence-electron chi connectivity index (χ4n) is 2.23. The van der Waals surface area contributed by atoms with Gasteiger partial charge in [0, 0.05) is 17.5 Å². The Morgan fingerprint density at radius 3 is 2.71 bits per heavy atom. The number of rotatable bonds is 5. The second-order valence-corrected chi connectivity index (χ2v) is 6.33. The summed E-state index contributed by atoms with van der Waals surface area (Å²) in [6.07, 6.45) is 2.28. The molecule has 21 heavy (non-hydrogen) atoms. The van der Waals surface area contributed by atoms with Crippen LogP contribution in [-0.2, 0) is 6.54 Å². The molecule has 0 saturated heterocycles. The molecule has 0 saturated carbocycles. The van der Waals surface area contributed by atoms with E-state index in [9.17, 15) is 0 Å². The minimum atomic E-state index is 0.762. The molecule has 1 heterocycles. The monoisotopic (exact) mass is 318 g/mol. The normalized spacial score (nSPS) is 11.0. The van der Waals surface area contributed by atoms with Crippen LogP contribution in [0.1, 0.15) is 19.8 Å². The van der Waals surface area contributed by atoms with Crippen molar-refractivity contribution in [1.82, 2.24) is 0 Å². The van der Waals surface area contributed by atoms with E-state index in [2.05, 4.69) is 17.6 Å². The zero-order valence-electron chi connectivity index (χ0n) is 11.9. The van der Waals surface area contributed by atoms with Crippen molar-refractivity contribution < 1.29 is 9.30 Å². The van der Waals surface area contributed by atoms with Crippen molar-refractivity contribution in [3.8, 4) is 10.9 Å². The summed E-state index contributed by atoms with van der Waals surface area (Å²) in [5.74, 6) is 0.861. The molecule has 0 spiro atoms. The molecule has 0 unspecified atom stereocenters. The number of benzene rings is 2. The molecule has 0 aliphatic heterocycles. The van der Waals surface area contributed by atoms with E-state index in [1.165, 1.54) is 5.52 Å². The number of hydrogen-bond acceptors (Lipinski definition) is 2. The number of halogens is 1. The molecule has 0 aliphatic rings. The lowest BCUT2D eigenvalue weighted by Gasteiger charge is -2.01. The molecule has 1 aromatic heterocycles. The van der Waals surface area contributed by atoms with Gasteiger partial charge in [0.05, 0.1) is 0 Å². The van der Waals surface area contributed by atoms with Crippen LogP contribution in [0.5, 0.6) is 10.9 Å². The third kappa shape index (κ3) is 3.20. The maximum Gasteiger partial charge on any atom is 0.436 e. The Morgan fingerprint density at radius 1 is 1.14 bits per heavy atom. The predicted octanol–water partition coefficient (Wildman–Crippen LogP) is 5.43. The number of aromatic nitrogens is 1. The zero-order valence-corrected chi connectivity index (χ0v) is 13.5. The first-order valence-corrected chi connectivity index (χ1v) is 8.32. The molecule has 2 nitrogen and oxygen atoms in total. The molecular weight excluding hydrogens is 302 g/mol. The molecule has 0 amide bonds. The van der Waals surface area contributed by atoms with Crippen molar-refractivity contribution in [2.24, 2.45) is 0 Å². The molecule has 4 heteroatoms. The van der Waals surface area contributed by atoms with Gasteiger partial charge in [-0.15, -0.1) is 4.57 Å². The first-order valence-electron chi connectivity index (χ1n) is 7.12. The lowest BCUT2D eigenvalue weighted by Crippen LogP contribution is -2.33. The van der Waals surface area contributed by atoms with Gasteiger partial charge in [0.2, 0.25) is 5.52 Å². The van der Waals surface area contributed by atoms with Gasteiger partial charge in [0.15, 0.2) is 6.54 Å². The van der Waals surface area contributed by atoms with Gasteiger partial charge in [0.25, 0.3) is 0 Å². The summed E-state index contributed by atoms with van der Waals surface area (Å²) in [6.45, 7) is 3.16. The maximum absolute atomic E-state index is 6.10. The number of thiazole rings is 1. The Kier molecular flexibility index (Phi) is 4.42. The van der Waals surface area contributed by atoms with Crippen molar-refractivity contribution >= 4 is 33.2 Å². The highest BCUT2D eigenvalue weighted by Gasteiger charge is 2.22. The molecule has 2 aromatic carbocycles. The summed E-state index contributed by atoms with van der Waals surface area (Å²) in [6, 6.07) is 15.9. The summed E-state index contributed by atoms with van der Waals surface area (Å²) in [4.78, 5) is 0. The molecule has 0 fully saturated rings. The van der Waals surface area contributed by atoms with Gasteiger partial charge in [-0.05, 0) is 35.6 Å². The van der Waals surface area contributed by atoms with Crippen LogP contribution < -0.4 is 9.30 Å². The Labute approximate surface area is 133 Å². The second kappa shape index (κ2) is 6.46. The van der Waals surface area contributed by atoms with E-state index in [0.717, 1.165) is 40.1 Å². The average molecular weight is 319 g/mol. The fraction of sp³-hybridized carbons (Fsp3) is 0.235. The highest BCUT2D eigenvalue weighted by molar-refractivity contribution is 7.19. The first kappa shape index (κ1) is 14.4. The molecule has 0 N–H and O–H groups in total. The number of ether oxygens (including phenoxy) is 1. The lowest BCUT2D eigenvalue weighted by molar-refractivity contribution is -0.671. The first-order chi connectivity index (χ1) is 10.3. The highest BCUT2D eigenvalue weighted by Crippen LogP contribution is 2.31. The van der Waals surface area contributed by atoms with E-state index in [4.69, 9.17) is 16.3 Å². The largest absolute Gasteiger partial charge is 0.436 e. The van der Waals surface area contributed by atoms with Crippen LogP contribution in [0, 0.1) is 0 Å². The molecule has 3 aromatic rings. The van der Waals surface area contributed by atoms with E-state index in [1.807, 2.05) is 42.5 Å². The average Bonchev–Trinajstić information content (AvgIpc) is 2.82. The van der Waals surface area contributed by atoms with Gasteiger partial charge in [-0.2, -0.15) is 0 Å². The number of nitrogens with zero attached hydrogens (tertiary/aromatic N) is 1. The SMILES string of the molecule is CCCC[n+]1c(Oc2ccccc2)sc2cc(Cl)ccc21. The smallest absolute Gasteiger partial charge is 0.397 e. The molecule has 0 aliphatic carbocycles. The van der Waals surface area contributed by atoms with Gasteiger partial charge >= 0.3 is 5.19 Å². The van der Waals surface area contributed by atoms with E-state index in [0.29, 0.717) is 0 Å². The van der Waals surface area contributed by atoms with Gasteiger partial charge < -0.3 is 4.74 Å². The highest BCUT2D eigenvalue weighted by atomic mass is 35.5. The Morgan fingerprint density at radius 2 is 1.95 bits per heavy atom. The summed E-state index contributed by atoms with van der Waals surface area (Å²) in [7, 11) is 0. The van der Waals surface area contributed by atoms with Crippen molar-refractivity contribution in [2.75, 3.05) is 0 Å². The summed E-state index contributed by atoms with van der Waals surface area (Å²) in [5, 5.41) is 1.67. The van der Waals surface area contributed by atoms with E-state index in [-0.39, 0.29) is 0 Å². The molecule has 0 radical (unpaired) electrons. The number of hydrogen-bond donors (Lipinski definition) is 0. The van der Waals surface area contributed by atoms with Crippen LogP contribution >= 0.6 is 22.9 Å². The van der Waals surface area contributed by atoms with Crippen molar-refractivity contribution in [2.45, 2.75) is 26.3 Å². The van der Waals surface area contributed by atoms with Crippen LogP contribution in [0.4, 0.5) is 0 Å². The Hall–Kier alpha value is -1.58. The molecule has 0 bridgehead atoms. The van der Waals surface area contributed by atoms with Crippen LogP contribution in [0.2, 0.25) is 5.02 Å². The molecule has 0 atom stereocenters. The minimum Gasteiger partial charge on any atom is -0.397 e. The second-order valence-electron chi connectivity index (χ2n) is 4.90. The summed E-state index contributed by atoms with van der Waals surface area (Å²) in [5.41, 5.74) is 1.18. The van der Waals surface area contributed by atoms with Crippen LogP contribution in [0.15, 0.2) is 48.5 Å².